The van der Waals surface area contributed by atoms with Crippen LogP contribution < -0.4 is 0 Å². The van der Waals surface area contributed by atoms with Crippen LogP contribution in [0.2, 0.25) is 0 Å². The van der Waals surface area contributed by atoms with Gasteiger partial charge >= 0.3 is 0 Å². The SMILES string of the molecule is COCC1(C(=O)N2CCN(Cc3nc(C)no3)CC(O)C2)CC1. The van der Waals surface area contributed by atoms with E-state index in [-0.39, 0.29) is 11.3 Å². The van der Waals surface area contributed by atoms with Crippen LogP contribution in [0.4, 0.5) is 0 Å². The molecule has 1 unspecified atom stereocenters. The molecule has 1 saturated carbocycles. The second-order valence-electron chi connectivity index (χ2n) is 6.59. The number of methoxy groups -OCH3 is 1. The molecule has 1 aromatic rings. The fourth-order valence-corrected chi connectivity index (χ4v) is 3.16. The lowest BCUT2D eigenvalue weighted by Gasteiger charge is -2.26. The van der Waals surface area contributed by atoms with Gasteiger partial charge in [-0.25, -0.2) is 0 Å². The molecule has 2 aliphatic rings. The van der Waals surface area contributed by atoms with Crippen LogP contribution in [0.3, 0.4) is 0 Å². The van der Waals surface area contributed by atoms with E-state index in [1.54, 1.807) is 18.9 Å². The van der Waals surface area contributed by atoms with Crippen LogP contribution in [0.5, 0.6) is 0 Å². The zero-order valence-corrected chi connectivity index (χ0v) is 13.7. The molecule has 1 aliphatic heterocycles. The van der Waals surface area contributed by atoms with Gasteiger partial charge in [-0.05, 0) is 19.8 Å². The minimum absolute atomic E-state index is 0.105. The number of hydrogen-bond donors (Lipinski definition) is 1. The van der Waals surface area contributed by atoms with Crippen LogP contribution in [0.1, 0.15) is 24.6 Å². The summed E-state index contributed by atoms with van der Waals surface area (Å²) in [6.45, 7) is 4.84. The van der Waals surface area contributed by atoms with Gasteiger partial charge < -0.3 is 19.3 Å². The first-order valence-electron chi connectivity index (χ1n) is 8.00. The summed E-state index contributed by atoms with van der Waals surface area (Å²) < 4.78 is 10.3. The van der Waals surface area contributed by atoms with Crippen LogP contribution in [-0.2, 0) is 16.1 Å². The number of aromatic nitrogens is 2. The first-order chi connectivity index (χ1) is 11.0. The van der Waals surface area contributed by atoms with Gasteiger partial charge in [0.25, 0.3) is 0 Å². The van der Waals surface area contributed by atoms with E-state index in [0.717, 1.165) is 12.8 Å². The van der Waals surface area contributed by atoms with Crippen LogP contribution >= 0.6 is 0 Å². The molecule has 1 N–H and O–H groups in total. The number of nitrogens with zero attached hydrogens (tertiary/aromatic N) is 4. The maximum Gasteiger partial charge on any atom is 0.240 e. The summed E-state index contributed by atoms with van der Waals surface area (Å²) in [5.74, 6) is 1.24. The van der Waals surface area contributed by atoms with Gasteiger partial charge in [-0.15, -0.1) is 0 Å². The van der Waals surface area contributed by atoms with Crippen molar-refractivity contribution >= 4 is 5.91 Å². The Labute approximate surface area is 135 Å². The van der Waals surface area contributed by atoms with Crippen LogP contribution in [-0.4, -0.2) is 77.0 Å². The summed E-state index contributed by atoms with van der Waals surface area (Å²) in [4.78, 5) is 20.7. The average Bonchev–Trinajstić information content (AvgIpc) is 3.21. The molecule has 2 heterocycles. The Kier molecular flexibility index (Phi) is 4.65. The molecule has 2 fully saturated rings. The molecule has 0 aromatic carbocycles. The smallest absolute Gasteiger partial charge is 0.240 e. The third kappa shape index (κ3) is 3.70. The normalized spacial score (nSPS) is 24.5. The molecule has 1 atom stereocenters. The number of hydrogen-bond acceptors (Lipinski definition) is 7. The predicted octanol–water partition coefficient (Wildman–Crippen LogP) is -0.190. The van der Waals surface area contributed by atoms with Gasteiger partial charge in [0.05, 0.1) is 24.7 Å². The highest BCUT2D eigenvalue weighted by molar-refractivity contribution is 5.85. The summed E-state index contributed by atoms with van der Waals surface area (Å²) in [7, 11) is 1.62. The monoisotopic (exact) mass is 324 g/mol. The number of carbonyl (C=O) groups excluding carboxylic acids is 1. The van der Waals surface area contributed by atoms with E-state index < -0.39 is 6.10 Å². The lowest BCUT2D eigenvalue weighted by atomic mass is 10.1. The minimum atomic E-state index is -0.580. The largest absolute Gasteiger partial charge is 0.390 e. The van der Waals surface area contributed by atoms with Crippen LogP contribution in [0.15, 0.2) is 4.52 Å². The number of aryl methyl sites for hydroxylation is 1. The first-order valence-corrected chi connectivity index (χ1v) is 8.00. The molecule has 8 nitrogen and oxygen atoms in total. The predicted molar refractivity (Wildman–Crippen MR) is 80.4 cm³/mol. The van der Waals surface area contributed by atoms with E-state index in [4.69, 9.17) is 9.26 Å². The van der Waals surface area contributed by atoms with Crippen molar-refractivity contribution in [2.75, 3.05) is 39.9 Å². The van der Waals surface area contributed by atoms with E-state index in [0.29, 0.717) is 51.0 Å². The van der Waals surface area contributed by atoms with Gasteiger partial charge in [0.15, 0.2) is 5.82 Å². The standard InChI is InChI=1S/C15H24N4O4/c1-11-16-13(23-17-11)9-18-5-6-19(8-12(20)7-18)14(21)15(3-4-15)10-22-2/h12,20H,3-10H2,1-2H3. The Balaban J connectivity index is 1.60. The minimum Gasteiger partial charge on any atom is -0.390 e. The van der Waals surface area contributed by atoms with Crippen LogP contribution in [0, 0.1) is 12.3 Å². The van der Waals surface area contributed by atoms with Gasteiger partial charge in [0, 0.05) is 33.3 Å². The molecule has 1 aliphatic carbocycles. The summed E-state index contributed by atoms with van der Waals surface area (Å²) in [5.41, 5.74) is -0.354. The molecule has 1 aromatic heterocycles. The van der Waals surface area contributed by atoms with E-state index >= 15 is 0 Å². The molecule has 0 radical (unpaired) electrons. The average molecular weight is 324 g/mol. The molecule has 1 amide bonds. The molecular formula is C15H24N4O4. The number of rotatable bonds is 5. The Bertz CT molecular complexity index is 557. The van der Waals surface area contributed by atoms with E-state index in [2.05, 4.69) is 10.1 Å². The van der Waals surface area contributed by atoms with Crippen molar-refractivity contribution in [1.29, 1.82) is 0 Å². The number of aliphatic hydroxyl groups excluding tert-OH is 1. The molecular weight excluding hydrogens is 300 g/mol. The Morgan fingerprint density at radius 2 is 2.22 bits per heavy atom. The summed E-state index contributed by atoms with van der Waals surface area (Å²) in [6, 6.07) is 0. The van der Waals surface area contributed by atoms with Crippen molar-refractivity contribution in [2.45, 2.75) is 32.4 Å². The molecule has 0 bridgehead atoms. The van der Waals surface area contributed by atoms with Gasteiger partial charge in [0.1, 0.15) is 0 Å². The quantitative estimate of drug-likeness (QED) is 0.802. The lowest BCUT2D eigenvalue weighted by molar-refractivity contribution is -0.140. The van der Waals surface area contributed by atoms with Gasteiger partial charge in [-0.3, -0.25) is 9.69 Å². The van der Waals surface area contributed by atoms with Crippen molar-refractivity contribution < 1.29 is 19.2 Å². The molecule has 8 heteroatoms. The Morgan fingerprint density at radius 1 is 1.43 bits per heavy atom. The van der Waals surface area contributed by atoms with Crippen molar-refractivity contribution in [3.8, 4) is 0 Å². The van der Waals surface area contributed by atoms with Crippen molar-refractivity contribution in [1.82, 2.24) is 19.9 Å². The highest BCUT2D eigenvalue weighted by atomic mass is 16.5. The zero-order chi connectivity index (χ0) is 16.4. The molecule has 23 heavy (non-hydrogen) atoms. The highest BCUT2D eigenvalue weighted by Gasteiger charge is 2.52. The second kappa shape index (κ2) is 6.54. The van der Waals surface area contributed by atoms with Gasteiger partial charge in [-0.2, -0.15) is 4.98 Å². The van der Waals surface area contributed by atoms with Gasteiger partial charge in [0.2, 0.25) is 11.8 Å². The zero-order valence-electron chi connectivity index (χ0n) is 13.7. The number of amides is 1. The fourth-order valence-electron chi connectivity index (χ4n) is 3.16. The van der Waals surface area contributed by atoms with Crippen LogP contribution in [0.25, 0.3) is 0 Å². The van der Waals surface area contributed by atoms with E-state index in [9.17, 15) is 9.90 Å². The lowest BCUT2D eigenvalue weighted by Crippen LogP contribution is -2.43. The summed E-state index contributed by atoms with van der Waals surface area (Å²) in [6.07, 6.45) is 1.16. The van der Waals surface area contributed by atoms with E-state index in [1.807, 2.05) is 4.90 Å². The molecule has 128 valence electrons. The maximum atomic E-state index is 12.7. The number of carbonyl (C=O) groups is 1. The summed E-state index contributed by atoms with van der Waals surface area (Å²) in [5, 5.41) is 14.0. The molecule has 0 spiro atoms. The third-order valence-corrected chi connectivity index (χ3v) is 4.53. The molecule has 3 rings (SSSR count). The van der Waals surface area contributed by atoms with Crippen molar-refractivity contribution in [3.05, 3.63) is 11.7 Å². The molecule has 1 saturated heterocycles. The fraction of sp³-hybridized carbons (Fsp3) is 0.800. The second-order valence-corrected chi connectivity index (χ2v) is 6.59. The third-order valence-electron chi connectivity index (χ3n) is 4.53. The Hall–Kier alpha value is -1.51. The number of ether oxygens (including phenoxy) is 1. The first kappa shape index (κ1) is 16.4. The Morgan fingerprint density at radius 3 is 2.83 bits per heavy atom. The number of β-amino-alcohol motifs (C(OH)–C–C–N with tert-alkyl or cyclic N) is 1. The summed E-state index contributed by atoms with van der Waals surface area (Å²) >= 11 is 0. The highest BCUT2D eigenvalue weighted by Crippen LogP contribution is 2.47. The van der Waals surface area contributed by atoms with Crippen molar-refractivity contribution in [2.24, 2.45) is 5.41 Å². The van der Waals surface area contributed by atoms with Gasteiger partial charge in [-0.1, -0.05) is 5.16 Å². The number of aliphatic hydroxyl groups is 1. The topological polar surface area (TPSA) is 91.9 Å². The maximum absolute atomic E-state index is 12.7. The van der Waals surface area contributed by atoms with E-state index in [1.165, 1.54) is 0 Å². The van der Waals surface area contributed by atoms with Crippen molar-refractivity contribution in [3.63, 3.8) is 0 Å².